The van der Waals surface area contributed by atoms with E-state index >= 15 is 0 Å². The Morgan fingerprint density at radius 2 is 1.92 bits per heavy atom. The van der Waals surface area contributed by atoms with Crippen LogP contribution in [0.15, 0.2) is 51.5 Å². The molecule has 132 valence electrons. The Morgan fingerprint density at radius 1 is 1.19 bits per heavy atom. The number of sulfone groups is 1. The second-order valence-electron chi connectivity index (χ2n) is 5.75. The molecule has 5 nitrogen and oxygen atoms in total. The Hall–Kier alpha value is -2.76. The normalized spacial score (nSPS) is 11.3. The van der Waals surface area contributed by atoms with E-state index in [0.717, 1.165) is 29.2 Å². The van der Waals surface area contributed by atoms with E-state index in [4.69, 9.17) is 0 Å². The largest absolute Gasteiger partial charge is 0.312 e. The lowest BCUT2D eigenvalue weighted by atomic mass is 10.1. The molecular weight excluding hydrogens is 375 g/mol. The third-order valence-electron chi connectivity index (χ3n) is 3.92. The zero-order valence-corrected chi connectivity index (χ0v) is 15.5. The molecule has 0 aliphatic rings. The van der Waals surface area contributed by atoms with E-state index in [1.807, 2.05) is 0 Å². The van der Waals surface area contributed by atoms with Gasteiger partial charge >= 0.3 is 4.87 Å². The first-order valence-corrected chi connectivity index (χ1v) is 10.2. The maximum Gasteiger partial charge on any atom is 0.312 e. The summed E-state index contributed by atoms with van der Waals surface area (Å²) in [6.07, 6.45) is 0.932. The predicted molar refractivity (Wildman–Crippen MR) is 97.9 cm³/mol. The maximum absolute atomic E-state index is 14.2. The van der Waals surface area contributed by atoms with Crippen molar-refractivity contribution in [3.8, 4) is 23.0 Å². The van der Waals surface area contributed by atoms with Crippen LogP contribution in [0.2, 0.25) is 0 Å². The first-order valence-electron chi connectivity index (χ1n) is 7.44. The van der Waals surface area contributed by atoms with Gasteiger partial charge in [-0.1, -0.05) is 23.5 Å². The number of aromatic nitrogens is 1. The minimum absolute atomic E-state index is 0.291. The molecule has 3 rings (SSSR count). The molecule has 0 aliphatic carbocycles. The highest BCUT2D eigenvalue weighted by Crippen LogP contribution is 2.27. The van der Waals surface area contributed by atoms with Gasteiger partial charge in [0.05, 0.1) is 23.0 Å². The minimum atomic E-state index is -3.68. The van der Waals surface area contributed by atoms with Gasteiger partial charge in [0.15, 0.2) is 9.84 Å². The highest BCUT2D eigenvalue weighted by atomic mass is 32.2. The number of benzene rings is 2. The van der Waals surface area contributed by atoms with E-state index in [0.29, 0.717) is 22.5 Å². The lowest BCUT2D eigenvalue weighted by molar-refractivity contribution is 0.571. The fourth-order valence-electron chi connectivity index (χ4n) is 2.58. The van der Waals surface area contributed by atoms with Crippen LogP contribution in [0.25, 0.3) is 16.9 Å². The van der Waals surface area contributed by atoms with E-state index < -0.39 is 20.5 Å². The molecule has 0 saturated carbocycles. The average molecular weight is 388 g/mol. The number of hydrogen-bond acceptors (Lipinski definition) is 5. The summed E-state index contributed by atoms with van der Waals surface area (Å²) in [5.74, 6) is -0.878. The summed E-state index contributed by atoms with van der Waals surface area (Å²) in [6, 6.07) is 10.8. The molecule has 0 saturated heterocycles. The molecule has 0 atom stereocenters. The number of hydrogen-bond donors (Lipinski definition) is 0. The number of thiazole rings is 1. The molecular formula is C18H13FN2O3S2. The molecule has 1 aromatic heterocycles. The second kappa shape index (κ2) is 6.52. The molecule has 0 radical (unpaired) electrons. The summed E-state index contributed by atoms with van der Waals surface area (Å²) in [7, 11) is -3.68. The molecule has 0 bridgehead atoms. The van der Waals surface area contributed by atoms with Crippen LogP contribution in [0.3, 0.4) is 0 Å². The summed E-state index contributed by atoms with van der Waals surface area (Å²) >= 11 is 0.938. The van der Waals surface area contributed by atoms with Gasteiger partial charge in [-0.25, -0.2) is 12.8 Å². The lowest BCUT2D eigenvalue weighted by Gasteiger charge is -2.10. The van der Waals surface area contributed by atoms with Crippen LogP contribution in [0.5, 0.6) is 0 Å². The zero-order chi connectivity index (χ0) is 19.1. The van der Waals surface area contributed by atoms with Gasteiger partial charge in [0.2, 0.25) is 0 Å². The van der Waals surface area contributed by atoms with Crippen molar-refractivity contribution in [3.63, 3.8) is 0 Å². The van der Waals surface area contributed by atoms with Crippen LogP contribution < -0.4 is 4.87 Å². The smallest absolute Gasteiger partial charge is 0.267 e. The van der Waals surface area contributed by atoms with Crippen LogP contribution in [-0.2, 0) is 9.84 Å². The summed E-state index contributed by atoms with van der Waals surface area (Å²) in [6.45, 7) is 1.79. The van der Waals surface area contributed by atoms with Gasteiger partial charge in [0.1, 0.15) is 10.7 Å². The van der Waals surface area contributed by atoms with Crippen molar-refractivity contribution >= 4 is 21.2 Å². The zero-order valence-electron chi connectivity index (χ0n) is 13.9. The Morgan fingerprint density at radius 3 is 2.54 bits per heavy atom. The van der Waals surface area contributed by atoms with Crippen molar-refractivity contribution in [3.05, 3.63) is 68.4 Å². The van der Waals surface area contributed by atoms with E-state index in [1.54, 1.807) is 30.5 Å². The lowest BCUT2D eigenvalue weighted by Crippen LogP contribution is -2.12. The van der Waals surface area contributed by atoms with Gasteiger partial charge in [-0.3, -0.25) is 9.36 Å². The Balaban J connectivity index is 2.20. The molecule has 2 aromatic carbocycles. The van der Waals surface area contributed by atoms with Crippen LogP contribution in [0.4, 0.5) is 4.39 Å². The van der Waals surface area contributed by atoms with Crippen molar-refractivity contribution in [2.45, 2.75) is 11.8 Å². The first-order chi connectivity index (χ1) is 12.2. The van der Waals surface area contributed by atoms with E-state index in [2.05, 4.69) is 6.07 Å². The molecule has 26 heavy (non-hydrogen) atoms. The van der Waals surface area contributed by atoms with E-state index in [-0.39, 0.29) is 4.87 Å². The van der Waals surface area contributed by atoms with Gasteiger partial charge in [-0.05, 0) is 36.8 Å². The number of aryl methyl sites for hydroxylation is 1. The standard InChI is InChI=1S/C18H13FN2O3S2/c1-11-3-5-14(7-13(11)9-20)21-16(10-25-18(21)22)12-4-6-17(15(19)8-12)26(2,23)24/h3-8,10H,1-2H3. The fourth-order valence-corrected chi connectivity index (χ4v) is 4.07. The molecule has 3 aromatic rings. The van der Waals surface area contributed by atoms with E-state index in [9.17, 15) is 22.9 Å². The average Bonchev–Trinajstić information content (AvgIpc) is 2.96. The van der Waals surface area contributed by atoms with Crippen molar-refractivity contribution in [1.29, 1.82) is 5.26 Å². The molecule has 0 fully saturated rings. The molecule has 0 amide bonds. The Bertz CT molecular complexity index is 1220. The molecule has 0 spiro atoms. The van der Waals surface area contributed by atoms with Crippen molar-refractivity contribution in [2.24, 2.45) is 0 Å². The van der Waals surface area contributed by atoms with Crippen LogP contribution in [-0.4, -0.2) is 19.2 Å². The van der Waals surface area contributed by atoms with Crippen LogP contribution in [0.1, 0.15) is 11.1 Å². The predicted octanol–water partition coefficient (Wildman–Crippen LogP) is 3.29. The van der Waals surface area contributed by atoms with Crippen molar-refractivity contribution in [2.75, 3.05) is 6.26 Å². The molecule has 8 heteroatoms. The molecule has 0 N–H and O–H groups in total. The number of nitrogens with zero attached hydrogens (tertiary/aromatic N) is 2. The van der Waals surface area contributed by atoms with Gasteiger partial charge in [0.25, 0.3) is 0 Å². The second-order valence-corrected chi connectivity index (χ2v) is 8.56. The monoisotopic (exact) mass is 388 g/mol. The number of halogens is 1. The third kappa shape index (κ3) is 3.19. The van der Waals surface area contributed by atoms with Crippen LogP contribution in [0, 0.1) is 24.1 Å². The van der Waals surface area contributed by atoms with Gasteiger partial charge in [0, 0.05) is 17.2 Å². The van der Waals surface area contributed by atoms with Gasteiger partial charge in [-0.2, -0.15) is 5.26 Å². The highest BCUT2D eigenvalue weighted by Gasteiger charge is 2.17. The van der Waals surface area contributed by atoms with Crippen LogP contribution >= 0.6 is 11.3 Å². The third-order valence-corrected chi connectivity index (χ3v) is 5.78. The number of rotatable bonds is 3. The van der Waals surface area contributed by atoms with E-state index in [1.165, 1.54) is 16.7 Å². The Labute approximate surface area is 153 Å². The first kappa shape index (κ1) is 18.0. The molecule has 0 aliphatic heterocycles. The topological polar surface area (TPSA) is 79.9 Å². The summed E-state index contributed by atoms with van der Waals surface area (Å²) in [5.41, 5.74) is 2.50. The molecule has 1 heterocycles. The van der Waals surface area contributed by atoms with Crippen molar-refractivity contribution < 1.29 is 12.8 Å². The fraction of sp³-hybridized carbons (Fsp3) is 0.111. The quantitative estimate of drug-likeness (QED) is 0.690. The number of nitriles is 1. The summed E-state index contributed by atoms with van der Waals surface area (Å²) < 4.78 is 38.8. The summed E-state index contributed by atoms with van der Waals surface area (Å²) in [5, 5.41) is 10.8. The SMILES string of the molecule is Cc1ccc(-n2c(-c3ccc(S(C)(=O)=O)c(F)c3)csc2=O)cc1C#N. The Kier molecular flexibility index (Phi) is 4.52. The highest BCUT2D eigenvalue weighted by molar-refractivity contribution is 7.90. The van der Waals surface area contributed by atoms with Gasteiger partial charge in [-0.15, -0.1) is 0 Å². The molecule has 0 unspecified atom stereocenters. The summed E-state index contributed by atoms with van der Waals surface area (Å²) in [4.78, 5) is 11.6. The van der Waals surface area contributed by atoms with Gasteiger partial charge < -0.3 is 0 Å². The minimum Gasteiger partial charge on any atom is -0.267 e. The maximum atomic E-state index is 14.2. The van der Waals surface area contributed by atoms with Crippen molar-refractivity contribution in [1.82, 2.24) is 4.57 Å².